The van der Waals surface area contributed by atoms with Crippen LogP contribution in [-0.4, -0.2) is 16.0 Å². The standard InChI is InChI=1S/C13H12FN3/c14-11-4-2-1-3-10(11)12-7-8-15-13(17-12)16-9-5-6-9/h1-4,7-9H,5-6H2,(H,15,16,17). The molecule has 1 fully saturated rings. The molecule has 1 saturated carbocycles. The summed E-state index contributed by atoms with van der Waals surface area (Å²) in [5, 5.41) is 3.20. The second-order valence-electron chi connectivity index (χ2n) is 4.16. The second kappa shape index (κ2) is 4.13. The molecule has 86 valence electrons. The molecule has 0 aliphatic heterocycles. The Kier molecular flexibility index (Phi) is 2.48. The number of aromatic nitrogens is 2. The number of hydrogen-bond donors (Lipinski definition) is 1. The van der Waals surface area contributed by atoms with Crippen molar-refractivity contribution in [2.75, 3.05) is 5.32 Å². The van der Waals surface area contributed by atoms with E-state index in [0.29, 0.717) is 23.2 Å². The van der Waals surface area contributed by atoms with E-state index in [1.807, 2.05) is 0 Å². The number of benzene rings is 1. The van der Waals surface area contributed by atoms with E-state index >= 15 is 0 Å². The molecule has 0 unspecified atom stereocenters. The van der Waals surface area contributed by atoms with Gasteiger partial charge in [-0.25, -0.2) is 14.4 Å². The first-order chi connectivity index (χ1) is 8.33. The van der Waals surface area contributed by atoms with Crippen LogP contribution in [0.2, 0.25) is 0 Å². The zero-order valence-corrected chi connectivity index (χ0v) is 9.23. The summed E-state index contributed by atoms with van der Waals surface area (Å²) in [6, 6.07) is 8.84. The van der Waals surface area contributed by atoms with Crippen molar-refractivity contribution in [2.45, 2.75) is 18.9 Å². The molecule has 0 spiro atoms. The van der Waals surface area contributed by atoms with Crippen molar-refractivity contribution in [3.05, 3.63) is 42.3 Å². The summed E-state index contributed by atoms with van der Waals surface area (Å²) in [5.41, 5.74) is 1.12. The van der Waals surface area contributed by atoms with E-state index < -0.39 is 0 Å². The average molecular weight is 229 g/mol. The van der Waals surface area contributed by atoms with Crippen molar-refractivity contribution in [3.8, 4) is 11.3 Å². The molecule has 3 nitrogen and oxygen atoms in total. The molecule has 1 aliphatic carbocycles. The molecule has 0 atom stereocenters. The van der Waals surface area contributed by atoms with Crippen LogP contribution in [0.25, 0.3) is 11.3 Å². The summed E-state index contributed by atoms with van der Waals surface area (Å²) in [6.45, 7) is 0. The highest BCUT2D eigenvalue weighted by atomic mass is 19.1. The van der Waals surface area contributed by atoms with E-state index in [9.17, 15) is 4.39 Å². The molecule has 0 amide bonds. The van der Waals surface area contributed by atoms with Crippen LogP contribution in [0.15, 0.2) is 36.5 Å². The summed E-state index contributed by atoms with van der Waals surface area (Å²) in [5.74, 6) is 0.317. The van der Waals surface area contributed by atoms with Crippen LogP contribution in [0.3, 0.4) is 0 Å². The van der Waals surface area contributed by atoms with Gasteiger partial charge in [-0.3, -0.25) is 0 Å². The molecule has 1 aromatic heterocycles. The normalized spacial score (nSPS) is 14.6. The molecule has 1 aliphatic rings. The number of nitrogens with one attached hydrogen (secondary N) is 1. The van der Waals surface area contributed by atoms with Crippen molar-refractivity contribution in [1.82, 2.24) is 9.97 Å². The van der Waals surface area contributed by atoms with Crippen molar-refractivity contribution in [2.24, 2.45) is 0 Å². The number of halogens is 1. The van der Waals surface area contributed by atoms with E-state index in [-0.39, 0.29) is 5.82 Å². The van der Waals surface area contributed by atoms with Gasteiger partial charge in [0.25, 0.3) is 0 Å². The molecule has 17 heavy (non-hydrogen) atoms. The fourth-order valence-electron chi connectivity index (χ4n) is 1.66. The lowest BCUT2D eigenvalue weighted by molar-refractivity contribution is 0.630. The number of nitrogens with zero attached hydrogens (tertiary/aromatic N) is 2. The van der Waals surface area contributed by atoms with Gasteiger partial charge in [0.2, 0.25) is 5.95 Å². The minimum atomic E-state index is -0.261. The molecule has 1 aromatic carbocycles. The molecule has 0 radical (unpaired) electrons. The van der Waals surface area contributed by atoms with Crippen LogP contribution in [0, 0.1) is 5.82 Å². The Morgan fingerprint density at radius 2 is 2.00 bits per heavy atom. The molecule has 0 saturated heterocycles. The highest BCUT2D eigenvalue weighted by molar-refractivity contribution is 5.60. The average Bonchev–Trinajstić information content (AvgIpc) is 3.14. The second-order valence-corrected chi connectivity index (χ2v) is 4.16. The zero-order chi connectivity index (χ0) is 11.7. The van der Waals surface area contributed by atoms with Gasteiger partial charge in [0.15, 0.2) is 0 Å². The Morgan fingerprint density at radius 1 is 1.18 bits per heavy atom. The summed E-state index contributed by atoms with van der Waals surface area (Å²) in [7, 11) is 0. The van der Waals surface area contributed by atoms with E-state index in [0.717, 1.165) is 12.8 Å². The summed E-state index contributed by atoms with van der Waals surface area (Å²) >= 11 is 0. The van der Waals surface area contributed by atoms with Gasteiger partial charge in [0, 0.05) is 17.8 Å². The monoisotopic (exact) mass is 229 g/mol. The number of hydrogen-bond acceptors (Lipinski definition) is 3. The predicted molar refractivity (Wildman–Crippen MR) is 64.1 cm³/mol. The number of rotatable bonds is 3. The van der Waals surface area contributed by atoms with Gasteiger partial charge < -0.3 is 5.32 Å². The topological polar surface area (TPSA) is 37.8 Å². The minimum absolute atomic E-state index is 0.261. The van der Waals surface area contributed by atoms with E-state index in [1.165, 1.54) is 6.07 Å². The molecule has 1 heterocycles. The van der Waals surface area contributed by atoms with Gasteiger partial charge in [-0.1, -0.05) is 12.1 Å². The lowest BCUT2D eigenvalue weighted by atomic mass is 10.1. The van der Waals surface area contributed by atoms with Crippen molar-refractivity contribution in [3.63, 3.8) is 0 Å². The van der Waals surface area contributed by atoms with Gasteiger partial charge in [0.05, 0.1) is 5.69 Å². The van der Waals surface area contributed by atoms with Gasteiger partial charge in [0.1, 0.15) is 5.82 Å². The largest absolute Gasteiger partial charge is 0.351 e. The predicted octanol–water partition coefficient (Wildman–Crippen LogP) is 2.86. The van der Waals surface area contributed by atoms with Crippen LogP contribution in [0.4, 0.5) is 10.3 Å². The lowest BCUT2D eigenvalue weighted by Gasteiger charge is -2.05. The first kappa shape index (κ1) is 10.2. The third-order valence-electron chi connectivity index (χ3n) is 2.72. The maximum atomic E-state index is 13.6. The third-order valence-corrected chi connectivity index (χ3v) is 2.72. The van der Waals surface area contributed by atoms with Gasteiger partial charge in [-0.2, -0.15) is 0 Å². The van der Waals surface area contributed by atoms with Crippen LogP contribution in [0.1, 0.15) is 12.8 Å². The molecular formula is C13H12FN3. The van der Waals surface area contributed by atoms with Crippen LogP contribution in [0.5, 0.6) is 0 Å². The number of anilines is 1. The quantitative estimate of drug-likeness (QED) is 0.879. The van der Waals surface area contributed by atoms with Crippen LogP contribution in [-0.2, 0) is 0 Å². The molecule has 1 N–H and O–H groups in total. The Balaban J connectivity index is 1.94. The third kappa shape index (κ3) is 2.25. The summed E-state index contributed by atoms with van der Waals surface area (Å²) < 4.78 is 13.6. The zero-order valence-electron chi connectivity index (χ0n) is 9.23. The Labute approximate surface area is 98.7 Å². The van der Waals surface area contributed by atoms with Gasteiger partial charge >= 0.3 is 0 Å². The smallest absolute Gasteiger partial charge is 0.223 e. The fourth-order valence-corrected chi connectivity index (χ4v) is 1.66. The first-order valence-corrected chi connectivity index (χ1v) is 5.67. The Morgan fingerprint density at radius 3 is 2.76 bits per heavy atom. The van der Waals surface area contributed by atoms with Gasteiger partial charge in [-0.15, -0.1) is 0 Å². The molecule has 2 aromatic rings. The van der Waals surface area contributed by atoms with Crippen LogP contribution >= 0.6 is 0 Å². The SMILES string of the molecule is Fc1ccccc1-c1ccnc(NC2CC2)n1. The van der Waals surface area contributed by atoms with Gasteiger partial charge in [-0.05, 0) is 31.0 Å². The summed E-state index contributed by atoms with van der Waals surface area (Å²) in [4.78, 5) is 8.45. The van der Waals surface area contributed by atoms with E-state index in [2.05, 4.69) is 15.3 Å². The lowest BCUT2D eigenvalue weighted by Crippen LogP contribution is -2.05. The van der Waals surface area contributed by atoms with E-state index in [1.54, 1.807) is 30.5 Å². The maximum absolute atomic E-state index is 13.6. The molecule has 4 heteroatoms. The minimum Gasteiger partial charge on any atom is -0.351 e. The van der Waals surface area contributed by atoms with E-state index in [4.69, 9.17) is 0 Å². The molecular weight excluding hydrogens is 217 g/mol. The van der Waals surface area contributed by atoms with Crippen molar-refractivity contribution >= 4 is 5.95 Å². The Hall–Kier alpha value is -1.97. The highest BCUT2D eigenvalue weighted by Gasteiger charge is 2.22. The summed E-state index contributed by atoms with van der Waals surface area (Å²) in [6.07, 6.45) is 3.97. The molecule has 0 bridgehead atoms. The maximum Gasteiger partial charge on any atom is 0.223 e. The first-order valence-electron chi connectivity index (χ1n) is 5.67. The van der Waals surface area contributed by atoms with Crippen LogP contribution < -0.4 is 5.32 Å². The fraction of sp³-hybridized carbons (Fsp3) is 0.231. The van der Waals surface area contributed by atoms with Crippen molar-refractivity contribution < 1.29 is 4.39 Å². The Bertz CT molecular complexity index is 538. The highest BCUT2D eigenvalue weighted by Crippen LogP contribution is 2.25. The molecule has 3 rings (SSSR count). The van der Waals surface area contributed by atoms with Crippen molar-refractivity contribution in [1.29, 1.82) is 0 Å².